The zero-order valence-electron chi connectivity index (χ0n) is 10.9. The van der Waals surface area contributed by atoms with E-state index in [9.17, 15) is 9.90 Å². The van der Waals surface area contributed by atoms with Gasteiger partial charge in [0.15, 0.2) is 0 Å². The number of halogens is 2. The van der Waals surface area contributed by atoms with Crippen LogP contribution in [-0.2, 0) is 18.4 Å². The van der Waals surface area contributed by atoms with E-state index >= 15 is 0 Å². The lowest BCUT2D eigenvalue weighted by Crippen LogP contribution is -2.34. The average Bonchev–Trinajstić information content (AvgIpc) is 2.87. The molecule has 0 bridgehead atoms. The molecule has 1 fully saturated rings. The van der Waals surface area contributed by atoms with Gasteiger partial charge in [-0.1, -0.05) is 36.0 Å². The Labute approximate surface area is 122 Å². The van der Waals surface area contributed by atoms with Crippen molar-refractivity contribution in [2.24, 2.45) is 7.05 Å². The van der Waals surface area contributed by atoms with Crippen molar-refractivity contribution in [1.29, 1.82) is 0 Å². The first-order valence-corrected chi connectivity index (χ1v) is 7.15. The summed E-state index contributed by atoms with van der Waals surface area (Å²) < 4.78 is 1.73. The third-order valence-electron chi connectivity index (χ3n) is 3.71. The lowest BCUT2D eigenvalue weighted by Gasteiger charge is -2.21. The number of hydrogen-bond acceptors (Lipinski definition) is 2. The fraction of sp³-hybridized carbons (Fsp3) is 0.615. The third-order valence-corrected chi connectivity index (χ3v) is 4.55. The molecule has 0 atom stereocenters. The molecule has 0 saturated heterocycles. The van der Waals surface area contributed by atoms with Gasteiger partial charge in [-0.15, -0.1) is 0 Å². The predicted octanol–water partition coefficient (Wildman–Crippen LogP) is 2.64. The van der Waals surface area contributed by atoms with Gasteiger partial charge in [-0.2, -0.15) is 0 Å². The van der Waals surface area contributed by atoms with Gasteiger partial charge < -0.3 is 15.0 Å². The number of aromatic nitrogens is 1. The second-order valence-electron chi connectivity index (χ2n) is 5.22. The zero-order chi connectivity index (χ0) is 14.0. The first kappa shape index (κ1) is 14.7. The molecule has 1 heterocycles. The van der Waals surface area contributed by atoms with E-state index in [2.05, 4.69) is 5.32 Å². The summed E-state index contributed by atoms with van der Waals surface area (Å²) in [6.07, 6.45) is 3.57. The van der Waals surface area contributed by atoms with Gasteiger partial charge in [-0.25, -0.2) is 0 Å². The Kier molecular flexibility index (Phi) is 4.43. The Morgan fingerprint density at radius 2 is 2.11 bits per heavy atom. The van der Waals surface area contributed by atoms with Crippen molar-refractivity contribution in [3.05, 3.63) is 21.9 Å². The van der Waals surface area contributed by atoms with Crippen molar-refractivity contribution in [2.75, 3.05) is 0 Å². The van der Waals surface area contributed by atoms with Gasteiger partial charge in [0.25, 0.3) is 0 Å². The first-order valence-electron chi connectivity index (χ1n) is 6.40. The monoisotopic (exact) mass is 304 g/mol. The van der Waals surface area contributed by atoms with E-state index in [4.69, 9.17) is 23.2 Å². The number of carbonyl (C=O) groups is 1. The van der Waals surface area contributed by atoms with E-state index in [1.54, 1.807) is 17.7 Å². The van der Waals surface area contributed by atoms with Crippen LogP contribution >= 0.6 is 23.2 Å². The van der Waals surface area contributed by atoms with Gasteiger partial charge in [0.2, 0.25) is 5.91 Å². The lowest BCUT2D eigenvalue weighted by atomic mass is 9.98. The molecule has 106 valence electrons. The highest BCUT2D eigenvalue weighted by Crippen LogP contribution is 2.32. The Morgan fingerprint density at radius 3 is 2.63 bits per heavy atom. The molecule has 0 aliphatic heterocycles. The number of hydrogen-bond donors (Lipinski definition) is 2. The topological polar surface area (TPSA) is 54.3 Å². The molecule has 0 spiro atoms. The summed E-state index contributed by atoms with van der Waals surface area (Å²) in [5, 5.41) is 13.9. The number of aliphatic hydroxyl groups is 1. The summed E-state index contributed by atoms with van der Waals surface area (Å²) in [6, 6.07) is 1.73. The molecule has 1 amide bonds. The van der Waals surface area contributed by atoms with Crippen LogP contribution in [0.5, 0.6) is 0 Å². The highest BCUT2D eigenvalue weighted by molar-refractivity contribution is 6.41. The average molecular weight is 305 g/mol. The number of nitrogens with zero attached hydrogens (tertiary/aromatic N) is 1. The fourth-order valence-electron chi connectivity index (χ4n) is 2.52. The van der Waals surface area contributed by atoms with Crippen LogP contribution in [0.15, 0.2) is 6.07 Å². The minimum atomic E-state index is -0.812. The maximum Gasteiger partial charge on any atom is 0.223 e. The molecule has 1 saturated carbocycles. The Morgan fingerprint density at radius 1 is 1.47 bits per heavy atom. The van der Waals surface area contributed by atoms with Crippen molar-refractivity contribution in [1.82, 2.24) is 9.88 Å². The van der Waals surface area contributed by atoms with Crippen LogP contribution in [0, 0.1) is 0 Å². The number of rotatable bonds is 4. The minimum Gasteiger partial charge on any atom is -0.389 e. The summed E-state index contributed by atoms with van der Waals surface area (Å²) in [5.41, 5.74) is 0.0230. The molecule has 0 unspecified atom stereocenters. The summed E-state index contributed by atoms with van der Waals surface area (Å²) in [7, 11) is 1.79. The van der Waals surface area contributed by atoms with Crippen molar-refractivity contribution in [3.8, 4) is 0 Å². The Balaban J connectivity index is 1.88. The van der Waals surface area contributed by atoms with Crippen LogP contribution in [0.3, 0.4) is 0 Å². The number of carbonyl (C=O) groups excluding carboxylic acids is 1. The summed E-state index contributed by atoms with van der Waals surface area (Å²) in [4.78, 5) is 11.8. The number of amides is 1. The summed E-state index contributed by atoms with van der Waals surface area (Å²) >= 11 is 11.9. The molecule has 1 aliphatic carbocycles. The standard InChI is InChI=1S/C13H18Cl2N2O2/c1-17-9(6-10(14)12(17)15)8-16-11(18)7-13(19)4-2-3-5-13/h6,19H,2-5,7-8H2,1H3,(H,16,18). The molecule has 2 N–H and O–H groups in total. The van der Waals surface area contributed by atoms with Crippen molar-refractivity contribution < 1.29 is 9.90 Å². The molecule has 1 aromatic heterocycles. The highest BCUT2D eigenvalue weighted by Gasteiger charge is 2.33. The van der Waals surface area contributed by atoms with Crippen LogP contribution in [0.2, 0.25) is 10.2 Å². The van der Waals surface area contributed by atoms with Gasteiger partial charge in [0.05, 0.1) is 23.6 Å². The smallest absolute Gasteiger partial charge is 0.223 e. The van der Waals surface area contributed by atoms with E-state index in [1.807, 2.05) is 0 Å². The van der Waals surface area contributed by atoms with Crippen molar-refractivity contribution in [3.63, 3.8) is 0 Å². The molecule has 6 heteroatoms. The van der Waals surface area contributed by atoms with E-state index in [0.717, 1.165) is 18.5 Å². The third kappa shape index (κ3) is 3.44. The molecular formula is C13H18Cl2N2O2. The normalized spacial score (nSPS) is 17.7. The quantitative estimate of drug-likeness (QED) is 0.898. The maximum atomic E-state index is 11.8. The number of nitrogens with one attached hydrogen (secondary N) is 1. The molecule has 1 aliphatic rings. The summed E-state index contributed by atoms with van der Waals surface area (Å²) in [6.45, 7) is 0.359. The predicted molar refractivity (Wildman–Crippen MR) is 75.3 cm³/mol. The van der Waals surface area contributed by atoms with Crippen LogP contribution < -0.4 is 5.32 Å². The van der Waals surface area contributed by atoms with E-state index in [0.29, 0.717) is 29.6 Å². The van der Waals surface area contributed by atoms with Gasteiger partial charge in [0.1, 0.15) is 5.15 Å². The molecule has 19 heavy (non-hydrogen) atoms. The van der Waals surface area contributed by atoms with Crippen LogP contribution in [0.4, 0.5) is 0 Å². The van der Waals surface area contributed by atoms with Crippen molar-refractivity contribution >= 4 is 29.1 Å². The molecule has 0 aromatic carbocycles. The Hall–Kier alpha value is -0.710. The summed E-state index contributed by atoms with van der Waals surface area (Å²) in [5.74, 6) is -0.141. The molecular weight excluding hydrogens is 287 g/mol. The van der Waals surface area contributed by atoms with Gasteiger partial charge in [-0.3, -0.25) is 4.79 Å². The Bertz CT molecular complexity index is 479. The van der Waals surface area contributed by atoms with Crippen LogP contribution in [-0.4, -0.2) is 21.2 Å². The minimum absolute atomic E-state index is 0.141. The second-order valence-corrected chi connectivity index (χ2v) is 5.98. The largest absolute Gasteiger partial charge is 0.389 e. The highest BCUT2D eigenvalue weighted by atomic mass is 35.5. The molecule has 4 nitrogen and oxygen atoms in total. The maximum absolute atomic E-state index is 11.8. The molecule has 1 aromatic rings. The SMILES string of the molecule is Cn1c(CNC(=O)CC2(O)CCCC2)cc(Cl)c1Cl. The fourth-order valence-corrected chi connectivity index (χ4v) is 2.93. The van der Waals surface area contributed by atoms with Crippen LogP contribution in [0.1, 0.15) is 37.8 Å². The molecule has 0 radical (unpaired) electrons. The van der Waals surface area contributed by atoms with E-state index < -0.39 is 5.60 Å². The lowest BCUT2D eigenvalue weighted by molar-refractivity contribution is -0.126. The molecule has 2 rings (SSSR count). The zero-order valence-corrected chi connectivity index (χ0v) is 12.4. The second kappa shape index (κ2) is 5.73. The van der Waals surface area contributed by atoms with Crippen LogP contribution in [0.25, 0.3) is 0 Å². The van der Waals surface area contributed by atoms with E-state index in [1.165, 1.54) is 0 Å². The van der Waals surface area contributed by atoms with Gasteiger partial charge in [0, 0.05) is 12.7 Å². The van der Waals surface area contributed by atoms with Gasteiger partial charge in [-0.05, 0) is 18.9 Å². The van der Waals surface area contributed by atoms with Crippen molar-refractivity contribution in [2.45, 2.75) is 44.2 Å². The first-order chi connectivity index (χ1) is 8.91. The van der Waals surface area contributed by atoms with Gasteiger partial charge >= 0.3 is 0 Å². The van der Waals surface area contributed by atoms with E-state index in [-0.39, 0.29) is 12.3 Å².